The van der Waals surface area contributed by atoms with Crippen molar-refractivity contribution in [3.05, 3.63) is 23.4 Å². The fraction of sp³-hybridized carbons (Fsp3) is 0.167. The topological polar surface area (TPSA) is 43.1 Å². The summed E-state index contributed by atoms with van der Waals surface area (Å²) < 4.78 is 1.74. The molecule has 2 aromatic rings. The number of aromatic nitrogens is 4. The molecule has 0 spiro atoms. The molecular formula is C6H5ClN4. The minimum atomic E-state index is 0.391. The largest absolute Gasteiger partial charge is 0.285 e. The predicted molar refractivity (Wildman–Crippen MR) is 40.5 cm³/mol. The minimum Gasteiger partial charge on any atom is -0.285 e. The number of rotatable bonds is 0. The number of aryl methyl sites for hydroxylation is 1. The molecule has 0 fully saturated rings. The Labute approximate surface area is 67.8 Å². The van der Waals surface area contributed by atoms with E-state index < -0.39 is 0 Å². The van der Waals surface area contributed by atoms with Gasteiger partial charge in [0.25, 0.3) is 0 Å². The molecule has 0 unspecified atom stereocenters. The third-order valence-electron chi connectivity index (χ3n) is 1.36. The molecule has 0 amide bonds. The SMILES string of the molecule is Cc1cn2cnnc2c(Cl)n1. The molecule has 0 N–H and O–H groups in total. The van der Waals surface area contributed by atoms with Gasteiger partial charge in [0.15, 0.2) is 10.8 Å². The minimum absolute atomic E-state index is 0.391. The molecule has 0 aliphatic carbocycles. The molecule has 4 nitrogen and oxygen atoms in total. The maximum absolute atomic E-state index is 5.77. The van der Waals surface area contributed by atoms with E-state index in [-0.39, 0.29) is 0 Å². The van der Waals surface area contributed by atoms with Crippen molar-refractivity contribution >= 4 is 17.2 Å². The zero-order valence-electron chi connectivity index (χ0n) is 5.82. The van der Waals surface area contributed by atoms with Crippen LogP contribution in [0.25, 0.3) is 5.65 Å². The lowest BCUT2D eigenvalue weighted by Gasteiger charge is -1.95. The first kappa shape index (κ1) is 6.54. The number of fused-ring (bicyclic) bond motifs is 1. The van der Waals surface area contributed by atoms with Crippen molar-refractivity contribution in [3.63, 3.8) is 0 Å². The third-order valence-corrected chi connectivity index (χ3v) is 1.61. The summed E-state index contributed by atoms with van der Waals surface area (Å²) in [6, 6.07) is 0. The second-order valence-electron chi connectivity index (χ2n) is 2.23. The van der Waals surface area contributed by atoms with Gasteiger partial charge in [0.05, 0.1) is 5.69 Å². The van der Waals surface area contributed by atoms with Gasteiger partial charge in [-0.25, -0.2) is 4.98 Å². The van der Waals surface area contributed by atoms with Crippen molar-refractivity contribution in [2.45, 2.75) is 6.92 Å². The van der Waals surface area contributed by atoms with E-state index in [1.807, 2.05) is 13.1 Å². The number of nitrogens with zero attached hydrogens (tertiary/aromatic N) is 4. The average Bonchev–Trinajstić information content (AvgIpc) is 2.34. The second kappa shape index (κ2) is 2.17. The fourth-order valence-electron chi connectivity index (χ4n) is 0.920. The van der Waals surface area contributed by atoms with Gasteiger partial charge in [-0.2, -0.15) is 0 Å². The standard InChI is InChI=1S/C6H5ClN4/c1-4-2-11-3-8-10-6(11)5(7)9-4/h2-3H,1H3. The molecule has 2 rings (SSSR count). The molecule has 2 aromatic heterocycles. The monoisotopic (exact) mass is 168 g/mol. The van der Waals surface area contributed by atoms with Crippen molar-refractivity contribution in [1.82, 2.24) is 19.6 Å². The highest BCUT2D eigenvalue weighted by Crippen LogP contribution is 2.11. The Hall–Kier alpha value is -1.16. The Morgan fingerprint density at radius 3 is 3.18 bits per heavy atom. The van der Waals surface area contributed by atoms with Crippen molar-refractivity contribution < 1.29 is 0 Å². The summed E-state index contributed by atoms with van der Waals surface area (Å²) >= 11 is 5.77. The molecule has 0 atom stereocenters. The Bertz CT molecular complexity index is 394. The molecule has 56 valence electrons. The summed E-state index contributed by atoms with van der Waals surface area (Å²) in [5, 5.41) is 7.86. The van der Waals surface area contributed by atoms with Crippen molar-refractivity contribution in [1.29, 1.82) is 0 Å². The molecule has 0 saturated heterocycles. The van der Waals surface area contributed by atoms with E-state index >= 15 is 0 Å². The summed E-state index contributed by atoms with van der Waals surface area (Å²) in [5.41, 5.74) is 1.44. The molecule has 5 heteroatoms. The molecule has 0 radical (unpaired) electrons. The summed E-state index contributed by atoms with van der Waals surface area (Å²) in [4.78, 5) is 4.02. The van der Waals surface area contributed by atoms with E-state index in [0.717, 1.165) is 5.69 Å². The molecular weight excluding hydrogens is 164 g/mol. The average molecular weight is 169 g/mol. The van der Waals surface area contributed by atoms with Crippen molar-refractivity contribution in [2.24, 2.45) is 0 Å². The van der Waals surface area contributed by atoms with Gasteiger partial charge in [-0.05, 0) is 6.92 Å². The van der Waals surface area contributed by atoms with Gasteiger partial charge in [0.2, 0.25) is 0 Å². The Morgan fingerprint density at radius 2 is 2.36 bits per heavy atom. The Balaban J connectivity index is 2.91. The van der Waals surface area contributed by atoms with Crippen molar-refractivity contribution in [3.8, 4) is 0 Å². The molecule has 0 saturated carbocycles. The van der Waals surface area contributed by atoms with E-state index in [4.69, 9.17) is 11.6 Å². The van der Waals surface area contributed by atoms with Crippen LogP contribution < -0.4 is 0 Å². The number of hydrogen-bond donors (Lipinski definition) is 0. The first-order valence-electron chi connectivity index (χ1n) is 3.10. The zero-order chi connectivity index (χ0) is 7.84. The maximum Gasteiger partial charge on any atom is 0.198 e. The molecule has 0 aliphatic heterocycles. The van der Waals surface area contributed by atoms with Gasteiger partial charge in [0.1, 0.15) is 6.33 Å². The lowest BCUT2D eigenvalue weighted by Crippen LogP contribution is -1.90. The highest BCUT2D eigenvalue weighted by molar-refractivity contribution is 6.32. The zero-order valence-corrected chi connectivity index (χ0v) is 6.58. The molecule has 0 bridgehead atoms. The van der Waals surface area contributed by atoms with Crippen LogP contribution in [0, 0.1) is 6.92 Å². The number of hydrogen-bond acceptors (Lipinski definition) is 3. The Kier molecular flexibility index (Phi) is 1.29. The van der Waals surface area contributed by atoms with E-state index in [1.54, 1.807) is 10.7 Å². The highest BCUT2D eigenvalue weighted by Gasteiger charge is 2.01. The van der Waals surface area contributed by atoms with Crippen LogP contribution in [-0.2, 0) is 0 Å². The smallest absolute Gasteiger partial charge is 0.198 e. The quantitative estimate of drug-likeness (QED) is 0.592. The van der Waals surface area contributed by atoms with Crippen LogP contribution >= 0.6 is 11.6 Å². The third kappa shape index (κ3) is 0.952. The first-order chi connectivity index (χ1) is 5.27. The van der Waals surface area contributed by atoms with Gasteiger partial charge in [-0.15, -0.1) is 10.2 Å². The summed E-state index contributed by atoms with van der Waals surface area (Å²) in [6.45, 7) is 1.87. The first-order valence-corrected chi connectivity index (χ1v) is 3.47. The van der Waals surface area contributed by atoms with Crippen LogP contribution in [0.15, 0.2) is 12.5 Å². The van der Waals surface area contributed by atoms with Gasteiger partial charge in [0, 0.05) is 6.20 Å². The van der Waals surface area contributed by atoms with Gasteiger partial charge >= 0.3 is 0 Å². The predicted octanol–water partition coefficient (Wildman–Crippen LogP) is 1.09. The van der Waals surface area contributed by atoms with Crippen LogP contribution in [-0.4, -0.2) is 19.6 Å². The van der Waals surface area contributed by atoms with E-state index in [2.05, 4.69) is 15.2 Å². The molecule has 11 heavy (non-hydrogen) atoms. The van der Waals surface area contributed by atoms with E-state index in [1.165, 1.54) is 0 Å². The van der Waals surface area contributed by atoms with Crippen molar-refractivity contribution in [2.75, 3.05) is 0 Å². The van der Waals surface area contributed by atoms with E-state index in [0.29, 0.717) is 10.8 Å². The summed E-state index contributed by atoms with van der Waals surface area (Å²) in [6.07, 6.45) is 3.41. The highest BCUT2D eigenvalue weighted by atomic mass is 35.5. The summed E-state index contributed by atoms with van der Waals surface area (Å²) in [7, 11) is 0. The van der Waals surface area contributed by atoms with Crippen LogP contribution in [0.2, 0.25) is 5.15 Å². The fourth-order valence-corrected chi connectivity index (χ4v) is 1.19. The lowest BCUT2D eigenvalue weighted by molar-refractivity contribution is 1.07. The van der Waals surface area contributed by atoms with Gasteiger partial charge in [-0.3, -0.25) is 4.40 Å². The second-order valence-corrected chi connectivity index (χ2v) is 2.59. The Morgan fingerprint density at radius 1 is 1.55 bits per heavy atom. The van der Waals surface area contributed by atoms with Crippen LogP contribution in [0.4, 0.5) is 0 Å². The lowest BCUT2D eigenvalue weighted by atomic mass is 10.5. The normalized spacial score (nSPS) is 10.7. The van der Waals surface area contributed by atoms with Crippen LogP contribution in [0.3, 0.4) is 0 Å². The van der Waals surface area contributed by atoms with Crippen LogP contribution in [0.1, 0.15) is 5.69 Å². The molecule has 0 aliphatic rings. The van der Waals surface area contributed by atoms with Gasteiger partial charge in [-0.1, -0.05) is 11.6 Å². The van der Waals surface area contributed by atoms with Crippen LogP contribution in [0.5, 0.6) is 0 Å². The van der Waals surface area contributed by atoms with Gasteiger partial charge < -0.3 is 0 Å². The maximum atomic E-state index is 5.77. The number of halogens is 1. The summed E-state index contributed by atoms with van der Waals surface area (Å²) in [5.74, 6) is 0. The molecule has 2 heterocycles. The van der Waals surface area contributed by atoms with E-state index in [9.17, 15) is 0 Å². The molecule has 0 aromatic carbocycles.